The summed E-state index contributed by atoms with van der Waals surface area (Å²) in [5.41, 5.74) is 0. The Morgan fingerprint density at radius 2 is 1.94 bits per heavy atom. The Bertz CT molecular complexity index is 311. The second-order valence-electron chi connectivity index (χ2n) is 3.45. The maximum Gasteiger partial charge on any atom is 0.361 e. The molecular weight excluding hydrogens is 226 g/mol. The lowest BCUT2D eigenvalue weighted by Crippen LogP contribution is -2.44. The lowest BCUT2D eigenvalue weighted by Gasteiger charge is -2.23. The van der Waals surface area contributed by atoms with Crippen LogP contribution in [-0.2, 0) is 19.3 Å². The van der Waals surface area contributed by atoms with Gasteiger partial charge in [0.1, 0.15) is 6.54 Å². The summed E-state index contributed by atoms with van der Waals surface area (Å²) >= 11 is 0. The van der Waals surface area contributed by atoms with Crippen molar-refractivity contribution < 1.29 is 19.3 Å². The Morgan fingerprint density at radius 3 is 2.35 bits per heavy atom. The van der Waals surface area contributed by atoms with Crippen LogP contribution in [0.1, 0.15) is 20.8 Å². The first-order valence-corrected chi connectivity index (χ1v) is 5.20. The molecule has 0 aromatic carbocycles. The molecule has 0 rings (SSSR count). The van der Waals surface area contributed by atoms with E-state index in [1.165, 1.54) is 7.05 Å². The van der Waals surface area contributed by atoms with Crippen molar-refractivity contribution in [2.45, 2.75) is 26.9 Å². The number of rotatable bonds is 5. The smallest absolute Gasteiger partial charge is 0.324 e. The van der Waals surface area contributed by atoms with E-state index in [0.717, 1.165) is 4.90 Å². The molecule has 0 radical (unpaired) electrons. The van der Waals surface area contributed by atoms with E-state index in [9.17, 15) is 9.59 Å². The van der Waals surface area contributed by atoms with E-state index in [1.54, 1.807) is 26.8 Å². The van der Waals surface area contributed by atoms with Gasteiger partial charge >= 0.3 is 11.8 Å². The minimum Gasteiger partial charge on any atom is -0.324 e. The standard InChI is InChI=1S/C10H17N3O4/c1-5-16-13(17-8(2)3)10(15)9(14)12(4)7-6-11/h8H,5,7H2,1-4H3. The molecule has 0 aliphatic heterocycles. The number of hydrogen-bond acceptors (Lipinski definition) is 5. The summed E-state index contributed by atoms with van der Waals surface area (Å²) in [6.45, 7) is 5.07. The Morgan fingerprint density at radius 1 is 1.35 bits per heavy atom. The topological polar surface area (TPSA) is 82.9 Å². The first-order chi connectivity index (χ1) is 7.93. The van der Waals surface area contributed by atoms with Crippen molar-refractivity contribution >= 4 is 11.8 Å². The second-order valence-corrected chi connectivity index (χ2v) is 3.45. The lowest BCUT2D eigenvalue weighted by molar-refractivity contribution is -0.351. The summed E-state index contributed by atoms with van der Waals surface area (Å²) in [6.07, 6.45) is -0.306. The third-order valence-electron chi connectivity index (χ3n) is 1.56. The van der Waals surface area contributed by atoms with Crippen LogP contribution in [0.15, 0.2) is 0 Å². The van der Waals surface area contributed by atoms with Gasteiger partial charge in [0.2, 0.25) is 0 Å². The Labute approximate surface area is 100 Å². The van der Waals surface area contributed by atoms with Crippen LogP contribution in [0, 0.1) is 11.3 Å². The Hall–Kier alpha value is -1.65. The van der Waals surface area contributed by atoms with E-state index in [4.69, 9.17) is 14.9 Å². The molecule has 0 aromatic heterocycles. The Balaban J connectivity index is 4.60. The predicted octanol–water partition coefficient (Wildman–Crippen LogP) is 0.0885. The van der Waals surface area contributed by atoms with Crippen LogP contribution in [0.2, 0.25) is 0 Å². The summed E-state index contributed by atoms with van der Waals surface area (Å²) in [6, 6.07) is 1.77. The molecule has 0 aliphatic carbocycles. The number of nitriles is 1. The van der Waals surface area contributed by atoms with Crippen molar-refractivity contribution in [3.05, 3.63) is 0 Å². The largest absolute Gasteiger partial charge is 0.361 e. The van der Waals surface area contributed by atoms with Gasteiger partial charge < -0.3 is 4.90 Å². The molecule has 0 aromatic rings. The number of amides is 2. The van der Waals surface area contributed by atoms with E-state index >= 15 is 0 Å². The van der Waals surface area contributed by atoms with E-state index in [1.807, 2.05) is 0 Å². The van der Waals surface area contributed by atoms with E-state index in [0.29, 0.717) is 5.23 Å². The van der Waals surface area contributed by atoms with Gasteiger partial charge in [0.05, 0.1) is 18.8 Å². The molecule has 0 saturated heterocycles. The highest BCUT2D eigenvalue weighted by atomic mass is 17.0. The first kappa shape index (κ1) is 15.3. The van der Waals surface area contributed by atoms with Crippen molar-refractivity contribution in [1.29, 1.82) is 5.26 Å². The van der Waals surface area contributed by atoms with Crippen LogP contribution in [-0.4, -0.2) is 48.2 Å². The predicted molar refractivity (Wildman–Crippen MR) is 57.9 cm³/mol. The molecule has 0 unspecified atom stereocenters. The fourth-order valence-electron chi connectivity index (χ4n) is 0.865. The zero-order valence-electron chi connectivity index (χ0n) is 10.5. The first-order valence-electron chi connectivity index (χ1n) is 5.20. The zero-order valence-corrected chi connectivity index (χ0v) is 10.5. The fourth-order valence-corrected chi connectivity index (χ4v) is 0.865. The van der Waals surface area contributed by atoms with E-state index < -0.39 is 11.8 Å². The van der Waals surface area contributed by atoms with Crippen LogP contribution in [0.4, 0.5) is 0 Å². The van der Waals surface area contributed by atoms with Crippen LogP contribution < -0.4 is 0 Å². The van der Waals surface area contributed by atoms with Gasteiger partial charge in [0.25, 0.3) is 0 Å². The maximum absolute atomic E-state index is 11.7. The molecule has 7 nitrogen and oxygen atoms in total. The third kappa shape index (κ3) is 5.29. The molecule has 0 spiro atoms. The van der Waals surface area contributed by atoms with Crippen LogP contribution in [0.25, 0.3) is 0 Å². The number of carbonyl (C=O) groups is 2. The number of nitrogens with zero attached hydrogens (tertiary/aromatic N) is 3. The molecule has 0 aliphatic rings. The molecule has 0 N–H and O–H groups in total. The van der Waals surface area contributed by atoms with Crippen molar-refractivity contribution in [3.8, 4) is 6.07 Å². The zero-order chi connectivity index (χ0) is 13.4. The lowest BCUT2D eigenvalue weighted by atomic mass is 10.5. The third-order valence-corrected chi connectivity index (χ3v) is 1.56. The number of hydrogen-bond donors (Lipinski definition) is 0. The highest BCUT2D eigenvalue weighted by Crippen LogP contribution is 2.01. The summed E-state index contributed by atoms with van der Waals surface area (Å²) in [5.74, 6) is -1.82. The highest BCUT2D eigenvalue weighted by molar-refractivity contribution is 6.34. The molecule has 0 bridgehead atoms. The summed E-state index contributed by atoms with van der Waals surface area (Å²) < 4.78 is 0. The quantitative estimate of drug-likeness (QED) is 0.388. The van der Waals surface area contributed by atoms with Crippen molar-refractivity contribution in [1.82, 2.24) is 10.1 Å². The minimum absolute atomic E-state index is 0.174. The van der Waals surface area contributed by atoms with Gasteiger partial charge in [-0.1, -0.05) is 5.23 Å². The van der Waals surface area contributed by atoms with Gasteiger partial charge in [-0.15, -0.1) is 0 Å². The van der Waals surface area contributed by atoms with Gasteiger partial charge in [-0.2, -0.15) is 5.26 Å². The average molecular weight is 243 g/mol. The molecule has 0 heterocycles. The molecule has 17 heavy (non-hydrogen) atoms. The van der Waals surface area contributed by atoms with Crippen LogP contribution >= 0.6 is 0 Å². The molecule has 0 atom stereocenters. The maximum atomic E-state index is 11.7. The second kappa shape index (κ2) is 7.60. The summed E-state index contributed by atoms with van der Waals surface area (Å²) in [5, 5.41) is 8.98. The molecule has 7 heteroatoms. The van der Waals surface area contributed by atoms with Crippen molar-refractivity contribution in [2.75, 3.05) is 20.2 Å². The Kier molecular flexibility index (Phi) is 6.86. The van der Waals surface area contributed by atoms with Crippen molar-refractivity contribution in [3.63, 3.8) is 0 Å². The van der Waals surface area contributed by atoms with Gasteiger partial charge in [-0.3, -0.25) is 9.59 Å². The highest BCUT2D eigenvalue weighted by Gasteiger charge is 2.27. The molecule has 0 saturated carbocycles. The van der Waals surface area contributed by atoms with Crippen LogP contribution in [0.3, 0.4) is 0 Å². The number of carbonyl (C=O) groups excluding carboxylic acids is 2. The molecule has 0 fully saturated rings. The minimum atomic E-state index is -0.960. The van der Waals surface area contributed by atoms with Crippen molar-refractivity contribution in [2.24, 2.45) is 0 Å². The SMILES string of the molecule is CCON(OC(C)C)C(=O)C(=O)N(C)CC#N. The normalized spacial score (nSPS) is 9.88. The van der Waals surface area contributed by atoms with E-state index in [2.05, 4.69) is 0 Å². The molecular formula is C10H17N3O4. The van der Waals surface area contributed by atoms with Crippen LogP contribution in [0.5, 0.6) is 0 Å². The number of likely N-dealkylation sites (N-methyl/N-ethyl adjacent to an activating group) is 1. The monoisotopic (exact) mass is 243 g/mol. The van der Waals surface area contributed by atoms with Gasteiger partial charge in [-0.05, 0) is 20.8 Å². The number of hydroxylamine groups is 2. The van der Waals surface area contributed by atoms with Gasteiger partial charge in [0.15, 0.2) is 0 Å². The average Bonchev–Trinajstić information content (AvgIpc) is 2.26. The molecule has 96 valence electrons. The summed E-state index contributed by atoms with van der Waals surface area (Å²) in [7, 11) is 1.35. The summed E-state index contributed by atoms with van der Waals surface area (Å²) in [4.78, 5) is 34.1. The van der Waals surface area contributed by atoms with E-state index in [-0.39, 0.29) is 19.3 Å². The fraction of sp³-hybridized carbons (Fsp3) is 0.700. The molecule has 2 amide bonds. The van der Waals surface area contributed by atoms with Gasteiger partial charge in [0, 0.05) is 7.05 Å². The van der Waals surface area contributed by atoms with Gasteiger partial charge in [-0.25, -0.2) is 9.68 Å².